The standard InChI is InChI=1S/C19H18N4O3S.C14H15N3.C13H12BrN3O.C13H13N3O2.C6H8BNO4S.CO2.B.Br3P.Li.H/c1-12-7-16-17(9-18(12)26-2)21-11-23-19(16)14(10-22-23)8-13-3-5-15(6-4-13)27(20,24)25;1-4-11-7-16-17-8-15-13-6-10(3)9(2)5-12(13)14(11)17;1-8-3-10-11(4-12(8)18-2)15-7-17-13(10)9(5-14)6-16-17;1-8-3-10-11(4-12(8)18-2)14-7-16-13(10)9(6-17)5-15-16;8-13(11,12)6-3-1-5(2-4-6)7(9)10;2-1-3;;1-4(2)3;;/h3-7,9-11H,8H2,1-2H3,(H2,20,24,25);5-8H,4H2,1-3H3;3-4,6-7H,5H2,1-2H3;3-5,7,17H,6H2,1-2H3;1-4,9-10H,(H2,8,11,12);;;;;/q;;;;;;;;+1;-1. The number of hydrogen-bond acceptors (Lipinski definition) is 20. The van der Waals surface area contributed by atoms with E-state index in [0.717, 1.165) is 123 Å². The maximum absolute atomic E-state index is 11.4. The van der Waals surface area contributed by atoms with E-state index in [1.54, 1.807) is 74.0 Å². The number of benzene rings is 6. The first-order valence-electron chi connectivity index (χ1n) is 29.8. The fourth-order valence-electron chi connectivity index (χ4n) is 10.7. The SMILES string of the molecule is BrP(Br)Br.CCc1cnn2cnc3cc(C)c(C)cc3c12.COc1cc2ncn3ncc(CBr)c3c2cc1C.COc1cc2ncn3ncc(CO)c3c2cc1C.COc1cc2ncn3ncc(Cc4ccc(S(N)(=O)=O)cc4)c3c2cc1C.NS(=O)(=O)c1ccc(B(O)O)cc1.O=C=O.[B].[H-].[Li+]. The number of aliphatic hydroxyl groups excluding tert-OH is 1. The summed E-state index contributed by atoms with van der Waals surface area (Å²) in [5.74, 6) is 2.46. The van der Waals surface area contributed by atoms with Gasteiger partial charge in [-0.15, -0.1) is 0 Å². The zero-order valence-electron chi connectivity index (χ0n) is 57.7. The molecule has 0 atom stereocenters. The van der Waals surface area contributed by atoms with Gasteiger partial charge >= 0.3 is 32.1 Å². The molecule has 7 N–H and O–H groups in total. The number of ether oxygens (including phenoxy) is 3. The Morgan fingerprint density at radius 1 is 0.520 bits per heavy atom. The molecule has 0 unspecified atom stereocenters. The number of rotatable bonds is 11. The van der Waals surface area contributed by atoms with Crippen molar-refractivity contribution in [3.8, 4) is 17.2 Å². The van der Waals surface area contributed by atoms with E-state index < -0.39 is 27.2 Å². The molecule has 14 aromatic rings. The summed E-state index contributed by atoms with van der Waals surface area (Å²) in [6.07, 6.45) is 16.0. The van der Waals surface area contributed by atoms with Crippen molar-refractivity contribution in [1.82, 2.24) is 58.4 Å². The van der Waals surface area contributed by atoms with Crippen LogP contribution in [-0.2, 0) is 54.4 Å². The largest absolute Gasteiger partial charge is 1.00 e. The number of methoxy groups -OCH3 is 3. The second-order valence-corrected chi connectivity index (χ2v) is 41.1. The van der Waals surface area contributed by atoms with E-state index in [9.17, 15) is 21.9 Å². The summed E-state index contributed by atoms with van der Waals surface area (Å²) in [7, 11) is -4.04. The monoisotopic (exact) mass is 1690 g/mol. The number of aryl methyl sites for hydroxylation is 6. The molecule has 6 aromatic carbocycles. The van der Waals surface area contributed by atoms with Crippen molar-refractivity contribution in [1.29, 1.82) is 0 Å². The van der Waals surface area contributed by atoms with E-state index in [-0.39, 0.29) is 60.7 Å². The third-order valence-electron chi connectivity index (χ3n) is 15.7. The number of nitrogens with two attached hydrogens (primary N) is 2. The molecule has 36 heteroatoms. The van der Waals surface area contributed by atoms with Crippen LogP contribution in [0.4, 0.5) is 0 Å². The number of aliphatic hydroxyl groups is 1. The van der Waals surface area contributed by atoms with Crippen LogP contribution in [0.2, 0.25) is 0 Å². The number of halogens is 4. The van der Waals surface area contributed by atoms with Crippen molar-refractivity contribution in [2.45, 2.75) is 76.1 Å². The molecular weight excluding hydrogens is 1620 g/mol. The smallest absolute Gasteiger partial charge is 1.00 e. The first-order chi connectivity index (χ1) is 47.6. The van der Waals surface area contributed by atoms with Crippen LogP contribution in [0, 0.1) is 34.6 Å². The molecule has 525 valence electrons. The van der Waals surface area contributed by atoms with Crippen molar-refractivity contribution < 1.29 is 76.1 Å². The van der Waals surface area contributed by atoms with Crippen LogP contribution in [0.5, 0.6) is 17.2 Å². The molecule has 0 aliphatic rings. The second kappa shape index (κ2) is 37.2. The minimum absolute atomic E-state index is 0. The number of nitrogens with zero attached hydrogens (tertiary/aromatic N) is 12. The van der Waals surface area contributed by atoms with E-state index in [0.29, 0.717) is 6.42 Å². The second-order valence-electron chi connectivity index (χ2n) is 22.1. The molecule has 8 aromatic heterocycles. The van der Waals surface area contributed by atoms with E-state index in [1.165, 1.54) is 64.0 Å². The molecule has 0 saturated heterocycles. The average molecular weight is 1690 g/mol. The van der Waals surface area contributed by atoms with Crippen LogP contribution < -0.4 is 48.8 Å². The summed E-state index contributed by atoms with van der Waals surface area (Å²) in [6.45, 7) is 12.4. The van der Waals surface area contributed by atoms with E-state index >= 15 is 0 Å². The molecular formula is C66H67B2Br4LiN14O12PS2. The maximum atomic E-state index is 11.4. The average Bonchev–Trinajstić information content (AvgIpc) is 1.71. The van der Waals surface area contributed by atoms with Crippen molar-refractivity contribution in [2.24, 2.45) is 10.3 Å². The Kier molecular flexibility index (Phi) is 30.4. The van der Waals surface area contributed by atoms with Gasteiger partial charge in [-0.05, 0) is 187 Å². The van der Waals surface area contributed by atoms with Gasteiger partial charge in [-0.3, -0.25) is 0 Å². The number of fused-ring (bicyclic) bond motifs is 12. The number of sulfonamides is 2. The summed E-state index contributed by atoms with van der Waals surface area (Å²) < 4.78 is 67.3. The summed E-state index contributed by atoms with van der Waals surface area (Å²) in [6, 6.07) is 27.9. The Labute approximate surface area is 636 Å². The van der Waals surface area contributed by atoms with E-state index in [1.807, 2.05) is 78.7 Å². The molecule has 0 aliphatic heterocycles. The van der Waals surface area contributed by atoms with Gasteiger partial charge in [0.25, 0.3) is 0 Å². The van der Waals surface area contributed by atoms with Crippen LogP contribution in [0.25, 0.3) is 65.7 Å². The van der Waals surface area contributed by atoms with Gasteiger partial charge in [0, 0.05) is 76.6 Å². The van der Waals surface area contributed by atoms with Crippen LogP contribution in [0.15, 0.2) is 157 Å². The summed E-state index contributed by atoms with van der Waals surface area (Å²) >= 11 is 13.0. The number of hydrogen-bond donors (Lipinski definition) is 5. The zero-order chi connectivity index (χ0) is 72.9. The minimum Gasteiger partial charge on any atom is -1.00 e. The predicted octanol–water partition coefficient (Wildman–Crippen LogP) is 7.85. The van der Waals surface area contributed by atoms with Crippen LogP contribution in [-0.4, -0.2) is 133 Å². The molecule has 3 radical (unpaired) electrons. The van der Waals surface area contributed by atoms with Gasteiger partial charge in [-0.25, -0.2) is 65.1 Å². The molecule has 102 heavy (non-hydrogen) atoms. The van der Waals surface area contributed by atoms with Gasteiger partial charge < -0.3 is 30.8 Å². The maximum Gasteiger partial charge on any atom is 1.00 e. The Hall–Kier alpha value is -7.60. The molecule has 0 fully saturated rings. The molecule has 0 aliphatic carbocycles. The number of aromatic nitrogens is 12. The van der Waals surface area contributed by atoms with Gasteiger partial charge in [0.05, 0.1) is 107 Å². The molecule has 26 nitrogen and oxygen atoms in total. The Morgan fingerprint density at radius 2 is 0.824 bits per heavy atom. The Bertz CT molecular complexity index is 5430. The Balaban J connectivity index is 0.000000228. The fourth-order valence-corrected chi connectivity index (χ4v) is 12.2. The van der Waals surface area contributed by atoms with Gasteiger partial charge in [0.15, 0.2) is 0 Å². The molecule has 14 rings (SSSR count). The van der Waals surface area contributed by atoms with Crippen molar-refractivity contribution >= 4 is 179 Å². The molecule has 0 spiro atoms. The van der Waals surface area contributed by atoms with Gasteiger partial charge in [0.2, 0.25) is 20.0 Å². The molecule has 0 amide bonds. The Morgan fingerprint density at radius 3 is 1.17 bits per heavy atom. The number of alkyl halides is 1. The van der Waals surface area contributed by atoms with Gasteiger partial charge in [0.1, 0.15) is 46.6 Å². The molecule has 0 bridgehead atoms. The van der Waals surface area contributed by atoms with E-state index in [2.05, 4.69) is 142 Å². The van der Waals surface area contributed by atoms with Crippen LogP contribution in [0.3, 0.4) is 0 Å². The number of carbonyl (C=O) groups excluding carboxylic acids is 2. The third-order valence-corrected chi connectivity index (χ3v) is 18.2. The normalized spacial score (nSPS) is 10.9. The first kappa shape index (κ1) is 83.3. The fraction of sp³-hybridized carbons (Fsp3) is 0.197. The summed E-state index contributed by atoms with van der Waals surface area (Å²) in [5, 5.41) is 59.0. The quantitative estimate of drug-likeness (QED) is 0.0467. The van der Waals surface area contributed by atoms with E-state index in [4.69, 9.17) is 44.1 Å². The predicted molar refractivity (Wildman–Crippen MR) is 407 cm³/mol. The summed E-state index contributed by atoms with van der Waals surface area (Å²) in [4.78, 5) is 34.0. The third kappa shape index (κ3) is 20.0. The van der Waals surface area contributed by atoms with Crippen molar-refractivity contribution in [3.63, 3.8) is 0 Å². The zero-order valence-corrected chi connectivity index (χ0v) is 65.5. The molecule has 0 saturated carbocycles. The van der Waals surface area contributed by atoms with Gasteiger partial charge in [-0.1, -0.05) is 47.1 Å². The first-order valence-corrected chi connectivity index (χ1v) is 41.4. The summed E-state index contributed by atoms with van der Waals surface area (Å²) in [5.41, 5.74) is 19.0. The van der Waals surface area contributed by atoms with Crippen molar-refractivity contribution in [3.05, 3.63) is 203 Å². The molecule has 8 heterocycles. The van der Waals surface area contributed by atoms with Crippen LogP contribution in [0.1, 0.15) is 64.0 Å². The minimum atomic E-state index is -3.71. The topological polar surface area (TPSA) is 364 Å². The van der Waals surface area contributed by atoms with Crippen molar-refractivity contribution in [2.75, 3.05) is 21.3 Å². The van der Waals surface area contributed by atoms with Crippen LogP contribution >= 0.6 is 66.4 Å². The van der Waals surface area contributed by atoms with Gasteiger partial charge in [-0.2, -0.15) is 30.0 Å². The number of primary sulfonamides is 2.